The fourth-order valence-electron chi connectivity index (χ4n) is 1.05. The number of carbonyl (C=O) groups is 1. The molecule has 0 aliphatic rings. The van der Waals surface area contributed by atoms with Gasteiger partial charge in [-0.25, -0.2) is 0 Å². The van der Waals surface area contributed by atoms with Crippen LogP contribution < -0.4 is 0 Å². The third-order valence-electron chi connectivity index (χ3n) is 2.16. The predicted molar refractivity (Wildman–Crippen MR) is 47.5 cm³/mol. The number of halogens is 3. The van der Waals surface area contributed by atoms with Gasteiger partial charge >= 0.3 is 6.18 Å². The maximum Gasteiger partial charge on any atom is 0.421 e. The summed E-state index contributed by atoms with van der Waals surface area (Å²) in [6.45, 7) is 0.670. The molecule has 0 unspecified atom stereocenters. The SMILES string of the molecule is C[C@](O)(c1ccc(C=O)cc1)C(F)(F)F. The normalized spacial score (nSPS) is 15.8. The minimum absolute atomic E-state index is 0.261. The Labute approximate surface area is 84.3 Å². The molecule has 0 saturated carbocycles. The Morgan fingerprint density at radius 3 is 2.00 bits per heavy atom. The van der Waals surface area contributed by atoms with Crippen LogP contribution in [0.5, 0.6) is 0 Å². The minimum atomic E-state index is -4.74. The summed E-state index contributed by atoms with van der Waals surface area (Å²) in [4.78, 5) is 10.3. The van der Waals surface area contributed by atoms with Crippen LogP contribution in [0.25, 0.3) is 0 Å². The highest BCUT2D eigenvalue weighted by Crippen LogP contribution is 2.38. The van der Waals surface area contributed by atoms with Crippen LogP contribution in [0.3, 0.4) is 0 Å². The van der Waals surface area contributed by atoms with Gasteiger partial charge in [-0.15, -0.1) is 0 Å². The quantitative estimate of drug-likeness (QED) is 0.773. The largest absolute Gasteiger partial charge is 0.421 e. The molecule has 82 valence electrons. The van der Waals surface area contributed by atoms with E-state index in [1.54, 1.807) is 0 Å². The van der Waals surface area contributed by atoms with Crippen LogP contribution in [0.1, 0.15) is 22.8 Å². The predicted octanol–water partition coefficient (Wildman–Crippen LogP) is 2.27. The summed E-state index contributed by atoms with van der Waals surface area (Å²) in [5, 5.41) is 9.27. The molecule has 0 spiro atoms. The summed E-state index contributed by atoms with van der Waals surface area (Å²) >= 11 is 0. The Kier molecular flexibility index (Phi) is 2.86. The molecule has 0 amide bonds. The van der Waals surface area contributed by atoms with E-state index in [1.165, 1.54) is 12.1 Å². The minimum Gasteiger partial charge on any atom is -0.376 e. The summed E-state index contributed by atoms with van der Waals surface area (Å²) < 4.78 is 37.1. The van der Waals surface area contributed by atoms with E-state index in [2.05, 4.69) is 0 Å². The Balaban J connectivity index is 3.11. The molecule has 0 radical (unpaired) electrons. The molecule has 0 saturated heterocycles. The van der Waals surface area contributed by atoms with Crippen molar-refractivity contribution in [1.82, 2.24) is 0 Å². The van der Waals surface area contributed by atoms with Crippen LogP contribution in [-0.4, -0.2) is 17.6 Å². The first-order valence-corrected chi connectivity index (χ1v) is 4.14. The number of aliphatic hydroxyl groups is 1. The van der Waals surface area contributed by atoms with Crippen molar-refractivity contribution in [1.29, 1.82) is 0 Å². The van der Waals surface area contributed by atoms with Crippen molar-refractivity contribution < 1.29 is 23.1 Å². The van der Waals surface area contributed by atoms with Gasteiger partial charge in [0.05, 0.1) is 0 Å². The van der Waals surface area contributed by atoms with Crippen molar-refractivity contribution in [2.24, 2.45) is 0 Å². The topological polar surface area (TPSA) is 37.3 Å². The van der Waals surface area contributed by atoms with Gasteiger partial charge in [-0.05, 0) is 12.5 Å². The lowest BCUT2D eigenvalue weighted by Gasteiger charge is -2.26. The maximum atomic E-state index is 12.4. The van der Waals surface area contributed by atoms with Gasteiger partial charge in [-0.1, -0.05) is 24.3 Å². The fraction of sp³-hybridized carbons (Fsp3) is 0.300. The van der Waals surface area contributed by atoms with Gasteiger partial charge in [0, 0.05) is 5.56 Å². The van der Waals surface area contributed by atoms with Gasteiger partial charge in [0.15, 0.2) is 5.60 Å². The maximum absolute atomic E-state index is 12.4. The zero-order chi connectivity index (χ0) is 11.7. The van der Waals surface area contributed by atoms with Gasteiger partial charge in [-0.2, -0.15) is 13.2 Å². The number of alkyl halides is 3. The second-order valence-electron chi connectivity index (χ2n) is 3.31. The van der Waals surface area contributed by atoms with Gasteiger partial charge in [0.25, 0.3) is 0 Å². The zero-order valence-corrected chi connectivity index (χ0v) is 7.88. The van der Waals surface area contributed by atoms with Gasteiger partial charge in [0.2, 0.25) is 0 Å². The lowest BCUT2D eigenvalue weighted by atomic mass is 9.95. The monoisotopic (exact) mass is 218 g/mol. The molecule has 1 aromatic carbocycles. The van der Waals surface area contributed by atoms with Crippen molar-refractivity contribution in [3.8, 4) is 0 Å². The summed E-state index contributed by atoms with van der Waals surface area (Å²) in [5.74, 6) is 0. The highest BCUT2D eigenvalue weighted by atomic mass is 19.4. The summed E-state index contributed by atoms with van der Waals surface area (Å²) in [5.41, 5.74) is -2.92. The summed E-state index contributed by atoms with van der Waals surface area (Å²) in [6.07, 6.45) is -4.22. The van der Waals surface area contributed by atoms with Crippen LogP contribution in [-0.2, 0) is 5.60 Å². The van der Waals surface area contributed by atoms with Gasteiger partial charge < -0.3 is 5.11 Å². The molecule has 0 aromatic heterocycles. The van der Waals surface area contributed by atoms with Gasteiger partial charge in [0.1, 0.15) is 6.29 Å². The summed E-state index contributed by atoms with van der Waals surface area (Å²) in [7, 11) is 0. The van der Waals surface area contributed by atoms with Crippen molar-refractivity contribution in [3.63, 3.8) is 0 Å². The van der Waals surface area contributed by atoms with E-state index in [4.69, 9.17) is 0 Å². The molecule has 15 heavy (non-hydrogen) atoms. The Bertz CT molecular complexity index is 352. The molecule has 0 bridgehead atoms. The smallest absolute Gasteiger partial charge is 0.376 e. The number of carbonyl (C=O) groups excluding carboxylic acids is 1. The van der Waals surface area contributed by atoms with E-state index in [-0.39, 0.29) is 11.1 Å². The number of aldehydes is 1. The molecule has 5 heteroatoms. The van der Waals surface area contributed by atoms with Crippen LogP contribution >= 0.6 is 0 Å². The molecule has 1 aromatic rings. The van der Waals surface area contributed by atoms with Crippen molar-refractivity contribution in [2.45, 2.75) is 18.7 Å². The van der Waals surface area contributed by atoms with Gasteiger partial charge in [-0.3, -0.25) is 4.79 Å². The molecule has 1 N–H and O–H groups in total. The Hall–Kier alpha value is -1.36. The standard InChI is InChI=1S/C10H9F3O2/c1-9(15,10(11,12)13)8-4-2-7(6-14)3-5-8/h2-6,15H,1H3/t9-/m0/s1. The first kappa shape index (κ1) is 11.7. The first-order chi connectivity index (χ1) is 6.79. The molecule has 1 atom stereocenters. The average Bonchev–Trinajstić information content (AvgIpc) is 2.16. The Morgan fingerprint density at radius 1 is 1.20 bits per heavy atom. The van der Waals surface area contributed by atoms with Crippen LogP contribution in [0, 0.1) is 0 Å². The van der Waals surface area contributed by atoms with E-state index in [1.807, 2.05) is 0 Å². The second kappa shape index (κ2) is 3.66. The number of benzene rings is 1. The fourth-order valence-corrected chi connectivity index (χ4v) is 1.05. The highest BCUT2D eigenvalue weighted by Gasteiger charge is 2.50. The van der Waals surface area contributed by atoms with Crippen molar-refractivity contribution >= 4 is 6.29 Å². The van der Waals surface area contributed by atoms with Crippen LogP contribution in [0.2, 0.25) is 0 Å². The third-order valence-corrected chi connectivity index (χ3v) is 2.16. The molecule has 0 fully saturated rings. The average molecular weight is 218 g/mol. The second-order valence-corrected chi connectivity index (χ2v) is 3.31. The van der Waals surface area contributed by atoms with E-state index in [9.17, 15) is 23.1 Å². The highest BCUT2D eigenvalue weighted by molar-refractivity contribution is 5.74. The van der Waals surface area contributed by atoms with E-state index in [0.29, 0.717) is 13.2 Å². The van der Waals surface area contributed by atoms with E-state index >= 15 is 0 Å². The van der Waals surface area contributed by atoms with Crippen LogP contribution in [0.15, 0.2) is 24.3 Å². The van der Waals surface area contributed by atoms with E-state index < -0.39 is 11.8 Å². The molecular weight excluding hydrogens is 209 g/mol. The Morgan fingerprint density at radius 2 is 1.67 bits per heavy atom. The number of hydrogen-bond acceptors (Lipinski definition) is 2. The number of rotatable bonds is 2. The molecule has 1 rings (SSSR count). The molecule has 0 aliphatic heterocycles. The third kappa shape index (κ3) is 2.18. The number of hydrogen-bond donors (Lipinski definition) is 1. The molecule has 2 nitrogen and oxygen atoms in total. The van der Waals surface area contributed by atoms with Crippen molar-refractivity contribution in [3.05, 3.63) is 35.4 Å². The van der Waals surface area contributed by atoms with Crippen molar-refractivity contribution in [2.75, 3.05) is 0 Å². The molecule has 0 aliphatic carbocycles. The lowest BCUT2D eigenvalue weighted by Crippen LogP contribution is -2.39. The summed E-state index contributed by atoms with van der Waals surface area (Å²) in [6, 6.07) is 4.61. The lowest BCUT2D eigenvalue weighted by molar-refractivity contribution is -0.258. The molecule has 0 heterocycles. The first-order valence-electron chi connectivity index (χ1n) is 4.14. The van der Waals surface area contributed by atoms with Crippen LogP contribution in [0.4, 0.5) is 13.2 Å². The zero-order valence-electron chi connectivity index (χ0n) is 7.88. The molecular formula is C10H9F3O2. The van der Waals surface area contributed by atoms with E-state index in [0.717, 1.165) is 12.1 Å².